The fraction of sp³-hybridized carbons (Fsp3) is 0.111. The maximum absolute atomic E-state index is 12.1. The van der Waals surface area contributed by atoms with E-state index in [1.165, 1.54) is 0 Å². The molecule has 0 saturated heterocycles. The molecule has 0 spiro atoms. The second-order valence-corrected chi connectivity index (χ2v) is 4.71. The van der Waals surface area contributed by atoms with Crippen LogP contribution >= 0.6 is 0 Å². The summed E-state index contributed by atoms with van der Waals surface area (Å²) in [5.74, 6) is -0.148. The van der Waals surface area contributed by atoms with Gasteiger partial charge in [-0.3, -0.25) is 9.59 Å². The molecule has 0 aliphatic carbocycles. The Balaban J connectivity index is 2.13. The zero-order chi connectivity index (χ0) is 15.2. The quantitative estimate of drug-likeness (QED) is 0.689. The van der Waals surface area contributed by atoms with Crippen LogP contribution in [0.5, 0.6) is 0 Å². The van der Waals surface area contributed by atoms with Crippen molar-refractivity contribution in [2.45, 2.75) is 6.92 Å². The summed E-state index contributed by atoms with van der Waals surface area (Å²) in [4.78, 5) is 23.5. The molecular weight excluding hydrogens is 262 g/mol. The first-order valence-corrected chi connectivity index (χ1v) is 6.72. The van der Waals surface area contributed by atoms with Gasteiger partial charge in [0.05, 0.1) is 0 Å². The van der Waals surface area contributed by atoms with Crippen molar-refractivity contribution in [3.8, 4) is 0 Å². The summed E-state index contributed by atoms with van der Waals surface area (Å²) >= 11 is 0. The third-order valence-corrected chi connectivity index (χ3v) is 3.24. The van der Waals surface area contributed by atoms with Gasteiger partial charge in [0.15, 0.2) is 5.78 Å². The van der Waals surface area contributed by atoms with Crippen molar-refractivity contribution < 1.29 is 9.59 Å². The van der Waals surface area contributed by atoms with E-state index >= 15 is 0 Å². The molecule has 0 saturated carbocycles. The molecule has 2 rings (SSSR count). The molecule has 0 aliphatic rings. The lowest BCUT2D eigenvalue weighted by atomic mass is 10.0. The molecule has 1 N–H and O–H groups in total. The van der Waals surface area contributed by atoms with E-state index in [-0.39, 0.29) is 11.7 Å². The normalized spacial score (nSPS) is 10.6. The Morgan fingerprint density at radius 1 is 1.00 bits per heavy atom. The summed E-state index contributed by atoms with van der Waals surface area (Å²) in [5.41, 5.74) is 3.14. The lowest BCUT2D eigenvalue weighted by molar-refractivity contribution is 0.0962. The minimum absolute atomic E-state index is 0.0246. The molecule has 21 heavy (non-hydrogen) atoms. The molecule has 0 atom stereocenters. The Bertz CT molecular complexity index is 685. The molecule has 106 valence electrons. The molecule has 0 unspecified atom stereocenters. The second kappa shape index (κ2) is 6.66. The largest absolute Gasteiger partial charge is 0.355 e. The number of ketones is 1. The smallest absolute Gasteiger partial charge is 0.251 e. The monoisotopic (exact) mass is 279 g/mol. The third kappa shape index (κ3) is 3.66. The van der Waals surface area contributed by atoms with Gasteiger partial charge >= 0.3 is 0 Å². The lowest BCUT2D eigenvalue weighted by Gasteiger charge is -2.01. The van der Waals surface area contributed by atoms with Crippen molar-refractivity contribution in [2.75, 3.05) is 7.05 Å². The van der Waals surface area contributed by atoms with E-state index in [0.717, 1.165) is 11.1 Å². The maximum atomic E-state index is 12.1. The second-order valence-electron chi connectivity index (χ2n) is 4.71. The highest BCUT2D eigenvalue weighted by molar-refractivity contribution is 6.07. The summed E-state index contributed by atoms with van der Waals surface area (Å²) < 4.78 is 0. The van der Waals surface area contributed by atoms with Crippen molar-refractivity contribution >= 4 is 17.8 Å². The van der Waals surface area contributed by atoms with Gasteiger partial charge in [-0.2, -0.15) is 0 Å². The number of nitrogens with one attached hydrogen (secondary N) is 1. The highest BCUT2D eigenvalue weighted by Crippen LogP contribution is 2.11. The molecular formula is C18H17NO2. The SMILES string of the molecule is CNC(=O)c1ccc(/C=C/C(=O)c2ccccc2C)cc1. The van der Waals surface area contributed by atoms with E-state index in [4.69, 9.17) is 0 Å². The fourth-order valence-corrected chi connectivity index (χ4v) is 2.00. The van der Waals surface area contributed by atoms with Crippen LogP contribution in [0, 0.1) is 6.92 Å². The van der Waals surface area contributed by atoms with Crippen molar-refractivity contribution in [3.63, 3.8) is 0 Å². The highest BCUT2D eigenvalue weighted by Gasteiger charge is 2.04. The van der Waals surface area contributed by atoms with Crippen LogP contribution in [0.15, 0.2) is 54.6 Å². The van der Waals surface area contributed by atoms with Crippen LogP contribution in [-0.4, -0.2) is 18.7 Å². The first-order chi connectivity index (χ1) is 10.1. The van der Waals surface area contributed by atoms with Crippen LogP contribution < -0.4 is 5.32 Å². The summed E-state index contributed by atoms with van der Waals surface area (Å²) in [6.45, 7) is 1.92. The number of aryl methyl sites for hydroxylation is 1. The zero-order valence-electron chi connectivity index (χ0n) is 12.1. The topological polar surface area (TPSA) is 46.2 Å². The number of hydrogen-bond donors (Lipinski definition) is 1. The van der Waals surface area contributed by atoms with Crippen LogP contribution in [0.1, 0.15) is 31.8 Å². The predicted molar refractivity (Wildman–Crippen MR) is 84.4 cm³/mol. The van der Waals surface area contributed by atoms with Gasteiger partial charge in [-0.25, -0.2) is 0 Å². The van der Waals surface area contributed by atoms with E-state index in [1.807, 2.05) is 43.3 Å². The number of hydrogen-bond acceptors (Lipinski definition) is 2. The third-order valence-electron chi connectivity index (χ3n) is 3.24. The van der Waals surface area contributed by atoms with Crippen molar-refractivity contribution in [1.82, 2.24) is 5.32 Å². The summed E-state index contributed by atoms with van der Waals surface area (Å²) in [6, 6.07) is 14.6. The molecule has 3 nitrogen and oxygen atoms in total. The number of amides is 1. The minimum atomic E-state index is -0.124. The van der Waals surface area contributed by atoms with E-state index in [1.54, 1.807) is 31.3 Å². The van der Waals surface area contributed by atoms with E-state index < -0.39 is 0 Å². The molecule has 0 fully saturated rings. The van der Waals surface area contributed by atoms with Crippen molar-refractivity contribution in [1.29, 1.82) is 0 Å². The summed E-state index contributed by atoms with van der Waals surface area (Å²) in [7, 11) is 1.59. The van der Waals surface area contributed by atoms with E-state index in [2.05, 4.69) is 5.32 Å². The Hall–Kier alpha value is -2.68. The van der Waals surface area contributed by atoms with Crippen LogP contribution in [-0.2, 0) is 0 Å². The molecule has 2 aromatic rings. The minimum Gasteiger partial charge on any atom is -0.355 e. The molecule has 3 heteroatoms. The molecule has 0 aromatic heterocycles. The van der Waals surface area contributed by atoms with Crippen molar-refractivity contribution in [3.05, 3.63) is 76.9 Å². The number of rotatable bonds is 4. The standard InChI is InChI=1S/C18H17NO2/c1-13-5-3-4-6-16(13)17(20)12-9-14-7-10-15(11-8-14)18(21)19-2/h3-12H,1-2H3,(H,19,21)/b12-9+. The highest BCUT2D eigenvalue weighted by atomic mass is 16.1. The summed E-state index contributed by atoms with van der Waals surface area (Å²) in [5, 5.41) is 2.57. The Labute approximate surface area is 124 Å². The van der Waals surface area contributed by atoms with Crippen LogP contribution in [0.3, 0.4) is 0 Å². The molecule has 0 heterocycles. The fourth-order valence-electron chi connectivity index (χ4n) is 2.00. The van der Waals surface area contributed by atoms with Gasteiger partial charge in [-0.15, -0.1) is 0 Å². The van der Waals surface area contributed by atoms with Crippen LogP contribution in [0.4, 0.5) is 0 Å². The molecule has 0 radical (unpaired) electrons. The predicted octanol–water partition coefficient (Wildman–Crippen LogP) is 3.25. The average molecular weight is 279 g/mol. The first-order valence-electron chi connectivity index (χ1n) is 6.72. The van der Waals surface area contributed by atoms with E-state index in [0.29, 0.717) is 11.1 Å². The van der Waals surface area contributed by atoms with Gasteiger partial charge in [0, 0.05) is 18.2 Å². The molecule has 0 aliphatic heterocycles. The van der Waals surface area contributed by atoms with Crippen molar-refractivity contribution in [2.24, 2.45) is 0 Å². The van der Waals surface area contributed by atoms with Gasteiger partial charge in [-0.1, -0.05) is 42.5 Å². The van der Waals surface area contributed by atoms with Gasteiger partial charge < -0.3 is 5.32 Å². The lowest BCUT2D eigenvalue weighted by Crippen LogP contribution is -2.17. The van der Waals surface area contributed by atoms with Gasteiger partial charge in [0.25, 0.3) is 5.91 Å². The number of carbonyl (C=O) groups excluding carboxylic acids is 2. The number of carbonyl (C=O) groups is 2. The van der Waals surface area contributed by atoms with Crippen LogP contribution in [0.25, 0.3) is 6.08 Å². The Morgan fingerprint density at radius 2 is 1.67 bits per heavy atom. The molecule has 1 amide bonds. The number of allylic oxidation sites excluding steroid dienone is 1. The molecule has 0 bridgehead atoms. The Kier molecular flexibility index (Phi) is 4.67. The first kappa shape index (κ1) is 14.7. The maximum Gasteiger partial charge on any atom is 0.251 e. The molecule has 2 aromatic carbocycles. The zero-order valence-corrected chi connectivity index (χ0v) is 12.1. The van der Waals surface area contributed by atoms with Gasteiger partial charge in [-0.05, 0) is 36.3 Å². The number of benzene rings is 2. The average Bonchev–Trinajstić information content (AvgIpc) is 2.52. The van der Waals surface area contributed by atoms with Gasteiger partial charge in [0.1, 0.15) is 0 Å². The Morgan fingerprint density at radius 3 is 2.29 bits per heavy atom. The van der Waals surface area contributed by atoms with E-state index in [9.17, 15) is 9.59 Å². The summed E-state index contributed by atoms with van der Waals surface area (Å²) in [6.07, 6.45) is 3.31. The van der Waals surface area contributed by atoms with Crippen LogP contribution in [0.2, 0.25) is 0 Å². The van der Waals surface area contributed by atoms with Gasteiger partial charge in [0.2, 0.25) is 0 Å².